The molecule has 0 atom stereocenters. The van der Waals surface area contributed by atoms with Gasteiger partial charge in [-0.2, -0.15) is 0 Å². The highest BCUT2D eigenvalue weighted by molar-refractivity contribution is 7.13. The summed E-state index contributed by atoms with van der Waals surface area (Å²) in [5.41, 5.74) is 1.40. The van der Waals surface area contributed by atoms with E-state index in [1.165, 1.54) is 17.4 Å². The smallest absolute Gasteiger partial charge is 0.261 e. The highest BCUT2D eigenvalue weighted by atomic mass is 35.5. The van der Waals surface area contributed by atoms with Crippen LogP contribution in [0.15, 0.2) is 30.3 Å². The van der Waals surface area contributed by atoms with Gasteiger partial charge in [-0.25, -0.2) is 4.39 Å². The second-order valence-corrected chi connectivity index (χ2v) is 6.90. The van der Waals surface area contributed by atoms with Crippen LogP contribution in [0, 0.1) is 12.7 Å². The van der Waals surface area contributed by atoms with E-state index in [2.05, 4.69) is 10.6 Å². The van der Waals surface area contributed by atoms with Crippen LogP contribution in [0.25, 0.3) is 0 Å². The van der Waals surface area contributed by atoms with E-state index < -0.39 is 0 Å². The molecule has 4 nitrogen and oxygen atoms in total. The molecule has 7 heteroatoms. The summed E-state index contributed by atoms with van der Waals surface area (Å²) in [6, 6.07) is 8.92. The largest absolute Gasteiger partial charge is 0.367 e. The predicted molar refractivity (Wildman–Crippen MR) is 99.0 cm³/mol. The van der Waals surface area contributed by atoms with Crippen molar-refractivity contribution < 1.29 is 9.18 Å². The Balaban J connectivity index is 0.00000208. The maximum atomic E-state index is 14.3. The van der Waals surface area contributed by atoms with E-state index in [1.807, 2.05) is 30.0 Å². The molecule has 3 rings (SSSR count). The summed E-state index contributed by atoms with van der Waals surface area (Å²) in [5, 5.41) is 6.09. The first-order valence-corrected chi connectivity index (χ1v) is 8.54. The number of hydrogen-bond acceptors (Lipinski definition) is 4. The number of benzene rings is 1. The molecular weight excluding hydrogens is 349 g/mol. The lowest BCUT2D eigenvalue weighted by Gasteiger charge is -2.29. The van der Waals surface area contributed by atoms with Crippen LogP contribution in [0.1, 0.15) is 20.1 Å². The van der Waals surface area contributed by atoms with Crippen molar-refractivity contribution >= 4 is 35.3 Å². The van der Waals surface area contributed by atoms with Crippen LogP contribution in [0.3, 0.4) is 0 Å². The van der Waals surface area contributed by atoms with E-state index in [1.54, 1.807) is 6.07 Å². The molecule has 0 unspecified atom stereocenters. The van der Waals surface area contributed by atoms with Gasteiger partial charge in [-0.15, -0.1) is 23.7 Å². The van der Waals surface area contributed by atoms with Gasteiger partial charge in [0.1, 0.15) is 5.82 Å². The van der Waals surface area contributed by atoms with Gasteiger partial charge in [0.25, 0.3) is 5.91 Å². The van der Waals surface area contributed by atoms with Crippen molar-refractivity contribution in [2.75, 3.05) is 31.1 Å². The Kier molecular flexibility index (Phi) is 6.60. The standard InChI is InChI=1S/C17H20FN3OS.ClH/c1-12-2-5-16(23-12)17(22)20-11-13-3-4-15(14(18)10-13)21-8-6-19-7-9-21;/h2-5,10,19H,6-9,11H2,1H3,(H,20,22);1H. The number of halogens is 2. The molecular formula is C17H21ClFN3OS. The Bertz CT molecular complexity index is 701. The molecule has 2 N–H and O–H groups in total. The topological polar surface area (TPSA) is 44.4 Å². The van der Waals surface area contributed by atoms with Crippen LogP contribution < -0.4 is 15.5 Å². The van der Waals surface area contributed by atoms with Gasteiger partial charge in [0, 0.05) is 37.6 Å². The van der Waals surface area contributed by atoms with Crippen molar-refractivity contribution in [1.29, 1.82) is 0 Å². The zero-order chi connectivity index (χ0) is 16.2. The minimum absolute atomic E-state index is 0. The van der Waals surface area contributed by atoms with Gasteiger partial charge in [-0.05, 0) is 36.8 Å². The van der Waals surface area contributed by atoms with Crippen LogP contribution in [-0.4, -0.2) is 32.1 Å². The summed E-state index contributed by atoms with van der Waals surface area (Å²) >= 11 is 1.46. The van der Waals surface area contributed by atoms with Gasteiger partial charge in [0.2, 0.25) is 0 Å². The monoisotopic (exact) mass is 369 g/mol. The summed E-state index contributed by atoms with van der Waals surface area (Å²) in [6.07, 6.45) is 0. The highest BCUT2D eigenvalue weighted by Gasteiger charge is 2.15. The van der Waals surface area contributed by atoms with Crippen molar-refractivity contribution in [2.24, 2.45) is 0 Å². The first-order chi connectivity index (χ1) is 11.1. The Morgan fingerprint density at radius 1 is 1.29 bits per heavy atom. The van der Waals surface area contributed by atoms with E-state index in [4.69, 9.17) is 0 Å². The lowest BCUT2D eigenvalue weighted by molar-refractivity contribution is 0.0955. The minimum atomic E-state index is -0.231. The Labute approximate surface area is 151 Å². The molecule has 0 radical (unpaired) electrons. The third-order valence-electron chi connectivity index (χ3n) is 3.89. The second kappa shape index (κ2) is 8.46. The molecule has 1 aliphatic heterocycles. The zero-order valence-electron chi connectivity index (χ0n) is 13.5. The lowest BCUT2D eigenvalue weighted by atomic mass is 10.1. The van der Waals surface area contributed by atoms with Crippen molar-refractivity contribution in [1.82, 2.24) is 10.6 Å². The summed E-state index contributed by atoms with van der Waals surface area (Å²) in [7, 11) is 0. The molecule has 0 bridgehead atoms. The first kappa shape index (κ1) is 18.7. The van der Waals surface area contributed by atoms with E-state index in [0.717, 1.165) is 36.6 Å². The van der Waals surface area contributed by atoms with Crippen LogP contribution in [0.4, 0.5) is 10.1 Å². The van der Waals surface area contributed by atoms with E-state index >= 15 is 0 Å². The summed E-state index contributed by atoms with van der Waals surface area (Å²) < 4.78 is 14.3. The normalized spacial score (nSPS) is 14.2. The number of carbonyl (C=O) groups excluding carboxylic acids is 1. The molecule has 1 aliphatic rings. The van der Waals surface area contributed by atoms with Gasteiger partial charge >= 0.3 is 0 Å². The molecule has 1 fully saturated rings. The molecule has 2 aromatic rings. The third-order valence-corrected chi connectivity index (χ3v) is 4.89. The van der Waals surface area contributed by atoms with Gasteiger partial charge < -0.3 is 15.5 Å². The third kappa shape index (κ3) is 4.47. The average molecular weight is 370 g/mol. The van der Waals surface area contributed by atoms with Gasteiger partial charge in [-0.3, -0.25) is 4.79 Å². The maximum Gasteiger partial charge on any atom is 0.261 e. The number of aryl methyl sites for hydroxylation is 1. The van der Waals surface area contributed by atoms with Crippen molar-refractivity contribution in [3.8, 4) is 0 Å². The van der Waals surface area contributed by atoms with Gasteiger partial charge in [0.15, 0.2) is 0 Å². The molecule has 130 valence electrons. The number of piperazine rings is 1. The summed E-state index contributed by atoms with van der Waals surface area (Å²) in [5.74, 6) is -0.347. The highest BCUT2D eigenvalue weighted by Crippen LogP contribution is 2.21. The molecule has 1 aromatic heterocycles. The van der Waals surface area contributed by atoms with E-state index in [0.29, 0.717) is 17.1 Å². The van der Waals surface area contributed by atoms with Gasteiger partial charge in [0.05, 0.1) is 10.6 Å². The SMILES string of the molecule is Cc1ccc(C(=O)NCc2ccc(N3CCNCC3)c(F)c2)s1.Cl. The predicted octanol–water partition coefficient (Wildman–Crippen LogP) is 2.96. The van der Waals surface area contributed by atoms with E-state index in [9.17, 15) is 9.18 Å². The van der Waals surface area contributed by atoms with Crippen LogP contribution in [0.5, 0.6) is 0 Å². The van der Waals surface area contributed by atoms with E-state index in [-0.39, 0.29) is 24.1 Å². The fourth-order valence-electron chi connectivity index (χ4n) is 2.65. The number of carbonyl (C=O) groups is 1. The average Bonchev–Trinajstić information content (AvgIpc) is 3.00. The second-order valence-electron chi connectivity index (χ2n) is 5.62. The Hall–Kier alpha value is -1.63. The minimum Gasteiger partial charge on any atom is -0.367 e. The summed E-state index contributed by atoms with van der Waals surface area (Å²) in [4.78, 5) is 15.8. The lowest BCUT2D eigenvalue weighted by Crippen LogP contribution is -2.43. The fourth-order valence-corrected chi connectivity index (χ4v) is 3.43. The number of nitrogens with one attached hydrogen (secondary N) is 2. The Morgan fingerprint density at radius 2 is 2.04 bits per heavy atom. The number of nitrogens with zero attached hydrogens (tertiary/aromatic N) is 1. The number of rotatable bonds is 4. The van der Waals surface area contributed by atoms with Crippen LogP contribution in [0.2, 0.25) is 0 Å². The molecule has 1 amide bonds. The van der Waals surface area contributed by atoms with Crippen molar-refractivity contribution in [3.05, 3.63) is 51.5 Å². The number of amides is 1. The van der Waals surface area contributed by atoms with Crippen LogP contribution >= 0.6 is 23.7 Å². The molecule has 0 spiro atoms. The van der Waals surface area contributed by atoms with Gasteiger partial charge in [-0.1, -0.05) is 6.07 Å². The molecule has 2 heterocycles. The molecule has 0 saturated carbocycles. The number of anilines is 1. The number of thiophene rings is 1. The van der Waals surface area contributed by atoms with Crippen molar-refractivity contribution in [2.45, 2.75) is 13.5 Å². The summed E-state index contributed by atoms with van der Waals surface area (Å²) in [6.45, 7) is 5.66. The molecule has 1 aromatic carbocycles. The fraction of sp³-hybridized carbons (Fsp3) is 0.353. The first-order valence-electron chi connectivity index (χ1n) is 7.72. The Morgan fingerprint density at radius 3 is 2.67 bits per heavy atom. The zero-order valence-corrected chi connectivity index (χ0v) is 15.1. The molecule has 1 saturated heterocycles. The number of hydrogen-bond donors (Lipinski definition) is 2. The maximum absolute atomic E-state index is 14.3. The molecule has 24 heavy (non-hydrogen) atoms. The molecule has 0 aliphatic carbocycles. The quantitative estimate of drug-likeness (QED) is 0.870. The van der Waals surface area contributed by atoms with Crippen LogP contribution in [-0.2, 0) is 6.54 Å². The van der Waals surface area contributed by atoms with Crippen molar-refractivity contribution in [3.63, 3.8) is 0 Å².